The molecule has 0 atom stereocenters. The summed E-state index contributed by atoms with van der Waals surface area (Å²) in [4.78, 5) is 6.52. The van der Waals surface area contributed by atoms with E-state index in [-0.39, 0.29) is 22.0 Å². The minimum absolute atomic E-state index is 0.0372. The van der Waals surface area contributed by atoms with Gasteiger partial charge in [0.05, 0.1) is 38.1 Å². The molecule has 0 spiro atoms. The summed E-state index contributed by atoms with van der Waals surface area (Å²) in [6.45, 7) is 4.74. The summed E-state index contributed by atoms with van der Waals surface area (Å²) in [5.41, 5.74) is 0.482. The van der Waals surface area contributed by atoms with Gasteiger partial charge < -0.3 is 29.2 Å². The number of benzene rings is 3. The Bertz CT molecular complexity index is 1680. The molecule has 3 aromatic carbocycles. The molecule has 0 amide bonds. The highest BCUT2D eigenvalue weighted by atomic mass is 32.2. The van der Waals surface area contributed by atoms with Crippen molar-refractivity contribution in [1.82, 2.24) is 9.88 Å². The molecule has 0 aliphatic carbocycles. The zero-order chi connectivity index (χ0) is 30.4. The normalized spacial score (nSPS) is 14.0. The van der Waals surface area contributed by atoms with E-state index in [0.29, 0.717) is 39.8 Å². The number of hydrogen-bond donors (Lipinski definition) is 1. The van der Waals surface area contributed by atoms with Crippen molar-refractivity contribution in [2.75, 3.05) is 63.4 Å². The molecular formula is C30H32FN4O7S-. The van der Waals surface area contributed by atoms with Crippen LogP contribution in [-0.4, -0.2) is 71.9 Å². The van der Waals surface area contributed by atoms with Crippen molar-refractivity contribution in [2.24, 2.45) is 0 Å². The number of para-hydroxylation sites is 1. The minimum Gasteiger partial charge on any atom is -0.758 e. The van der Waals surface area contributed by atoms with E-state index in [9.17, 15) is 13.6 Å². The molecule has 1 N–H and O–H groups in total. The van der Waals surface area contributed by atoms with Crippen LogP contribution in [0.5, 0.6) is 23.0 Å². The summed E-state index contributed by atoms with van der Waals surface area (Å²) in [5.74, 6) is 0.408. The van der Waals surface area contributed by atoms with Crippen molar-refractivity contribution in [3.63, 3.8) is 0 Å². The van der Waals surface area contributed by atoms with E-state index in [1.54, 1.807) is 24.3 Å². The molecule has 0 unspecified atom stereocenters. The van der Waals surface area contributed by atoms with Gasteiger partial charge in [0.25, 0.3) is 10.0 Å². The average molecular weight is 612 g/mol. The number of methoxy groups -OCH3 is 1. The molecule has 4 aromatic rings. The maximum atomic E-state index is 15.1. The number of morpholine rings is 1. The first kappa shape index (κ1) is 30.3. The number of fused-ring (bicyclic) bond motifs is 1. The largest absolute Gasteiger partial charge is 0.758 e. The number of halogens is 1. The smallest absolute Gasteiger partial charge is 0.263 e. The topological polar surface area (TPSA) is 126 Å². The Labute approximate surface area is 249 Å². The van der Waals surface area contributed by atoms with Crippen molar-refractivity contribution < 1.29 is 31.8 Å². The van der Waals surface area contributed by atoms with E-state index in [1.807, 2.05) is 0 Å². The number of aromatic nitrogens is 1. The van der Waals surface area contributed by atoms with Crippen LogP contribution in [0.15, 0.2) is 71.8 Å². The number of nitrogens with one attached hydrogen (secondary N) is 1. The lowest BCUT2D eigenvalue weighted by atomic mass is 10.1. The molecule has 0 radical (unpaired) electrons. The van der Waals surface area contributed by atoms with Crippen LogP contribution >= 0.6 is 0 Å². The molecule has 1 fully saturated rings. The van der Waals surface area contributed by atoms with Gasteiger partial charge in [0.1, 0.15) is 10.6 Å². The molecule has 11 nitrogen and oxygen atoms in total. The van der Waals surface area contributed by atoms with Crippen LogP contribution in [0.1, 0.15) is 6.42 Å². The standard InChI is InChI=1S/C30H32FN4O7S/c1-34(36)25-6-3-4-7-30(25)43(37,38)33-21-8-9-27(23(31)18-21)42-26-10-11-32-24-20-29(28(39-2)19-22(24)26)41-15-5-12-35-13-16-40-17-14-35/h3-4,6-11,18-20,33H,5,12-17H2,1-2H3/q-1. The van der Waals surface area contributed by atoms with Crippen molar-refractivity contribution in [2.45, 2.75) is 11.3 Å². The number of anilines is 2. The van der Waals surface area contributed by atoms with Gasteiger partial charge in [-0.25, -0.2) is 12.8 Å². The van der Waals surface area contributed by atoms with Crippen LogP contribution in [0.2, 0.25) is 0 Å². The molecule has 1 saturated heterocycles. The highest BCUT2D eigenvalue weighted by Crippen LogP contribution is 2.38. The first-order valence-electron chi connectivity index (χ1n) is 13.6. The summed E-state index contributed by atoms with van der Waals surface area (Å²) in [5, 5.41) is 12.8. The van der Waals surface area contributed by atoms with Crippen LogP contribution in [0.4, 0.5) is 15.8 Å². The van der Waals surface area contributed by atoms with Gasteiger partial charge in [-0.05, 0) is 49.9 Å². The Morgan fingerprint density at radius 2 is 1.84 bits per heavy atom. The van der Waals surface area contributed by atoms with Gasteiger partial charge in [0.2, 0.25) is 0 Å². The number of nitrogens with zero attached hydrogens (tertiary/aromatic N) is 3. The lowest BCUT2D eigenvalue weighted by Gasteiger charge is -2.27. The third kappa shape index (κ3) is 7.25. The zero-order valence-corrected chi connectivity index (χ0v) is 24.6. The van der Waals surface area contributed by atoms with Gasteiger partial charge in [0.15, 0.2) is 23.1 Å². The molecule has 13 heteroatoms. The quantitative estimate of drug-likeness (QED) is 0.173. The predicted octanol–water partition coefficient (Wildman–Crippen LogP) is 5.01. The first-order chi connectivity index (χ1) is 20.7. The van der Waals surface area contributed by atoms with Crippen molar-refractivity contribution in [3.05, 3.63) is 77.9 Å². The second-order valence-corrected chi connectivity index (χ2v) is 11.5. The van der Waals surface area contributed by atoms with Crippen LogP contribution < -0.4 is 24.0 Å². The lowest BCUT2D eigenvalue weighted by Crippen LogP contribution is -2.37. The maximum Gasteiger partial charge on any atom is 0.263 e. The molecule has 0 bridgehead atoms. The van der Waals surface area contributed by atoms with Crippen molar-refractivity contribution >= 4 is 32.3 Å². The van der Waals surface area contributed by atoms with Gasteiger partial charge >= 0.3 is 0 Å². The highest BCUT2D eigenvalue weighted by molar-refractivity contribution is 7.92. The van der Waals surface area contributed by atoms with E-state index in [4.69, 9.17) is 18.9 Å². The number of hydrogen-bond acceptors (Lipinski definition) is 10. The van der Waals surface area contributed by atoms with Gasteiger partial charge in [-0.1, -0.05) is 12.1 Å². The second-order valence-electron chi connectivity index (χ2n) is 9.80. The highest BCUT2D eigenvalue weighted by Gasteiger charge is 2.20. The summed E-state index contributed by atoms with van der Waals surface area (Å²) < 4.78 is 66.2. The van der Waals surface area contributed by atoms with Crippen LogP contribution in [-0.2, 0) is 14.8 Å². The molecule has 1 aliphatic rings. The van der Waals surface area contributed by atoms with Crippen molar-refractivity contribution in [1.29, 1.82) is 0 Å². The molecule has 5 rings (SSSR count). The summed E-state index contributed by atoms with van der Waals surface area (Å²) >= 11 is 0. The molecule has 0 saturated carbocycles. The Balaban J connectivity index is 1.30. The minimum atomic E-state index is -4.17. The van der Waals surface area contributed by atoms with Gasteiger partial charge in [-0.15, -0.1) is 0 Å². The average Bonchev–Trinajstić information content (AvgIpc) is 3.00. The van der Waals surface area contributed by atoms with Gasteiger partial charge in [0, 0.05) is 49.0 Å². The summed E-state index contributed by atoms with van der Waals surface area (Å²) in [7, 11) is -1.45. The van der Waals surface area contributed by atoms with Gasteiger partial charge in [-0.3, -0.25) is 14.6 Å². The molecule has 43 heavy (non-hydrogen) atoms. The molecule has 228 valence electrons. The predicted molar refractivity (Wildman–Crippen MR) is 161 cm³/mol. The fourth-order valence-corrected chi connectivity index (χ4v) is 5.98. The number of pyridine rings is 1. The monoisotopic (exact) mass is 611 g/mol. The third-order valence-corrected chi connectivity index (χ3v) is 8.29. The number of ether oxygens (including phenoxy) is 4. The molecule has 2 heterocycles. The Kier molecular flexibility index (Phi) is 9.46. The molecule has 1 aromatic heterocycles. The Morgan fingerprint density at radius 3 is 2.58 bits per heavy atom. The zero-order valence-electron chi connectivity index (χ0n) is 23.8. The molecular weight excluding hydrogens is 579 g/mol. The third-order valence-electron chi connectivity index (χ3n) is 6.86. The number of rotatable bonds is 12. The summed E-state index contributed by atoms with van der Waals surface area (Å²) in [6.07, 6.45) is 2.38. The van der Waals surface area contributed by atoms with E-state index < -0.39 is 15.8 Å². The van der Waals surface area contributed by atoms with Crippen LogP contribution in [0, 0.1) is 11.0 Å². The van der Waals surface area contributed by atoms with E-state index in [1.165, 1.54) is 50.7 Å². The Hall–Kier alpha value is -4.17. The van der Waals surface area contributed by atoms with E-state index in [2.05, 4.69) is 14.6 Å². The first-order valence-corrected chi connectivity index (χ1v) is 15.1. The van der Waals surface area contributed by atoms with Crippen LogP contribution in [0.3, 0.4) is 0 Å². The number of hydroxylamine groups is 1. The maximum absolute atomic E-state index is 15.1. The van der Waals surface area contributed by atoms with E-state index in [0.717, 1.165) is 45.3 Å². The fraction of sp³-hybridized carbons (Fsp3) is 0.300. The van der Waals surface area contributed by atoms with Crippen LogP contribution in [0.25, 0.3) is 10.9 Å². The summed E-state index contributed by atoms with van der Waals surface area (Å²) in [6, 6.07) is 14.5. The second kappa shape index (κ2) is 13.4. The van der Waals surface area contributed by atoms with E-state index >= 15 is 4.39 Å². The van der Waals surface area contributed by atoms with Crippen molar-refractivity contribution in [3.8, 4) is 23.0 Å². The van der Waals surface area contributed by atoms with Gasteiger partial charge in [-0.2, -0.15) is 0 Å². The number of sulfonamides is 1. The Morgan fingerprint density at radius 1 is 1.05 bits per heavy atom. The fourth-order valence-electron chi connectivity index (χ4n) is 4.71. The molecule has 1 aliphatic heterocycles. The SMILES string of the molecule is COc1cc2c(Oc3ccc(NS(=O)(=O)c4ccccc4N(C)[O-])cc3F)ccnc2cc1OCCCN1CCOCC1. The lowest BCUT2D eigenvalue weighted by molar-refractivity contribution is 0.0357.